The molecule has 0 spiro atoms. The van der Waals surface area contributed by atoms with Crippen LogP contribution in [0.25, 0.3) is 0 Å². The maximum atomic E-state index is 6.24. The quantitative estimate of drug-likeness (QED) is 0.391. The summed E-state index contributed by atoms with van der Waals surface area (Å²) >= 11 is 0. The fraction of sp³-hybridized carbons (Fsp3) is 0.833. The van der Waals surface area contributed by atoms with Crippen molar-refractivity contribution in [2.45, 2.75) is 51.6 Å². The number of ether oxygens (including phenoxy) is 1. The normalized spacial score (nSPS) is 13.9. The van der Waals surface area contributed by atoms with Crippen molar-refractivity contribution in [3.63, 3.8) is 0 Å². The highest BCUT2D eigenvalue weighted by Gasteiger charge is 2.36. The predicted molar refractivity (Wildman–Crippen MR) is 87.2 cm³/mol. The topological polar surface area (TPSA) is 27.7 Å². The number of hydrogen-bond donors (Lipinski definition) is 0. The largest absolute Gasteiger partial charge is 0.394 e. The lowest BCUT2D eigenvalue weighted by atomic mass is 10.4. The van der Waals surface area contributed by atoms with Gasteiger partial charge >= 0.3 is 0 Å². The summed E-state index contributed by atoms with van der Waals surface area (Å²) < 4.78 is 18.2. The van der Waals surface area contributed by atoms with Crippen LogP contribution in [0, 0.1) is 0 Å². The average molecular weight is 307 g/mol. The molecule has 0 bridgehead atoms. The zero-order chi connectivity index (χ0) is 14.6. The SMILES string of the molecule is C=C(C)COCC([SiH3])(O[Si](C)(C)C)O[Si](C)(C)C. The van der Waals surface area contributed by atoms with Gasteiger partial charge in [0.15, 0.2) is 16.6 Å². The fourth-order valence-electron chi connectivity index (χ4n) is 1.79. The first kappa shape index (κ1) is 18.3. The van der Waals surface area contributed by atoms with Gasteiger partial charge in [0.2, 0.25) is 0 Å². The van der Waals surface area contributed by atoms with Gasteiger partial charge in [-0.3, -0.25) is 0 Å². The van der Waals surface area contributed by atoms with Gasteiger partial charge in [-0.2, -0.15) is 0 Å². The summed E-state index contributed by atoms with van der Waals surface area (Å²) in [4.78, 5) is 0. The van der Waals surface area contributed by atoms with Crippen molar-refractivity contribution in [2.75, 3.05) is 13.2 Å². The number of hydrogen-bond acceptors (Lipinski definition) is 3. The summed E-state index contributed by atoms with van der Waals surface area (Å²) in [6.45, 7) is 20.0. The zero-order valence-electron chi connectivity index (χ0n) is 13.3. The Bertz CT molecular complexity index is 263. The second-order valence-corrected chi connectivity index (χ2v) is 17.4. The van der Waals surface area contributed by atoms with Crippen LogP contribution in [0.3, 0.4) is 0 Å². The van der Waals surface area contributed by atoms with E-state index < -0.39 is 22.0 Å². The average Bonchev–Trinajstić information content (AvgIpc) is 1.93. The minimum atomic E-state index is -1.64. The van der Waals surface area contributed by atoms with Crippen molar-refractivity contribution in [1.29, 1.82) is 0 Å². The molecule has 0 amide bonds. The standard InChI is InChI=1S/C12H30O3Si3/c1-11(2)9-13-10-12(16,14-17(3,4)5)15-18(6,7)8/h1,9-10H2,2-8,16H3. The van der Waals surface area contributed by atoms with Crippen molar-refractivity contribution in [3.8, 4) is 0 Å². The van der Waals surface area contributed by atoms with Crippen LogP contribution in [-0.4, -0.2) is 45.5 Å². The summed E-state index contributed by atoms with van der Waals surface area (Å²) in [5, 5.41) is 0. The van der Waals surface area contributed by atoms with Crippen LogP contribution in [0.4, 0.5) is 0 Å². The fourth-order valence-corrected chi connectivity index (χ4v) is 8.54. The molecule has 6 heteroatoms. The molecule has 0 aromatic heterocycles. The van der Waals surface area contributed by atoms with E-state index in [1.54, 1.807) is 0 Å². The minimum absolute atomic E-state index is 0.496. The molecule has 0 aliphatic heterocycles. The van der Waals surface area contributed by atoms with Gasteiger partial charge in [0.25, 0.3) is 0 Å². The molecule has 0 saturated carbocycles. The Labute approximate surface area is 118 Å². The predicted octanol–water partition coefficient (Wildman–Crippen LogP) is 2.30. The third-order valence-electron chi connectivity index (χ3n) is 1.76. The first-order chi connectivity index (χ1) is 7.83. The van der Waals surface area contributed by atoms with Gasteiger partial charge < -0.3 is 13.6 Å². The molecule has 0 fully saturated rings. The van der Waals surface area contributed by atoms with Crippen LogP contribution in [0.1, 0.15) is 6.92 Å². The van der Waals surface area contributed by atoms with E-state index in [4.69, 9.17) is 13.6 Å². The van der Waals surface area contributed by atoms with E-state index in [9.17, 15) is 0 Å². The van der Waals surface area contributed by atoms with E-state index in [1.165, 1.54) is 0 Å². The zero-order valence-corrected chi connectivity index (χ0v) is 17.3. The van der Waals surface area contributed by atoms with Crippen LogP contribution < -0.4 is 0 Å². The number of rotatable bonds is 8. The Morgan fingerprint density at radius 3 is 1.72 bits per heavy atom. The third-order valence-corrected chi connectivity index (χ3v) is 5.36. The molecule has 0 aromatic carbocycles. The highest BCUT2D eigenvalue weighted by Crippen LogP contribution is 2.22. The van der Waals surface area contributed by atoms with E-state index in [0.29, 0.717) is 13.2 Å². The van der Waals surface area contributed by atoms with Crippen molar-refractivity contribution >= 4 is 26.9 Å². The Morgan fingerprint density at radius 2 is 1.44 bits per heavy atom. The van der Waals surface area contributed by atoms with Gasteiger partial charge in [0.1, 0.15) is 5.41 Å². The smallest absolute Gasteiger partial charge is 0.187 e. The third kappa shape index (κ3) is 10.2. The summed E-state index contributed by atoms with van der Waals surface area (Å²) in [7, 11) is -2.47. The minimum Gasteiger partial charge on any atom is -0.394 e. The van der Waals surface area contributed by atoms with Crippen LogP contribution in [0.2, 0.25) is 39.3 Å². The van der Waals surface area contributed by atoms with Gasteiger partial charge in [-0.25, -0.2) is 0 Å². The molecular weight excluding hydrogens is 276 g/mol. The maximum Gasteiger partial charge on any atom is 0.187 e. The lowest BCUT2D eigenvalue weighted by molar-refractivity contribution is -0.103. The monoisotopic (exact) mass is 306 g/mol. The van der Waals surface area contributed by atoms with E-state index in [1.807, 2.05) is 6.92 Å². The van der Waals surface area contributed by atoms with Gasteiger partial charge in [-0.05, 0) is 46.2 Å². The van der Waals surface area contributed by atoms with Crippen LogP contribution in [-0.2, 0) is 13.6 Å². The summed E-state index contributed by atoms with van der Waals surface area (Å²) in [5.41, 5.74) is 0.532. The van der Waals surface area contributed by atoms with Crippen molar-refractivity contribution in [3.05, 3.63) is 12.2 Å². The van der Waals surface area contributed by atoms with Crippen molar-refractivity contribution < 1.29 is 13.6 Å². The van der Waals surface area contributed by atoms with Gasteiger partial charge in [0, 0.05) is 0 Å². The lowest BCUT2D eigenvalue weighted by Crippen LogP contribution is -2.53. The van der Waals surface area contributed by atoms with Crippen molar-refractivity contribution in [2.24, 2.45) is 0 Å². The van der Waals surface area contributed by atoms with E-state index in [0.717, 1.165) is 15.8 Å². The summed E-state index contributed by atoms with van der Waals surface area (Å²) in [6.07, 6.45) is 0. The molecule has 0 atom stereocenters. The summed E-state index contributed by atoms with van der Waals surface area (Å²) in [5.74, 6) is 0. The molecule has 0 N–H and O–H groups in total. The molecule has 0 saturated heterocycles. The van der Waals surface area contributed by atoms with Gasteiger partial charge in [-0.15, -0.1) is 0 Å². The van der Waals surface area contributed by atoms with E-state index in [2.05, 4.69) is 45.9 Å². The molecule has 108 valence electrons. The molecular formula is C12H30O3Si3. The van der Waals surface area contributed by atoms with E-state index >= 15 is 0 Å². The van der Waals surface area contributed by atoms with Crippen LogP contribution >= 0.6 is 0 Å². The Morgan fingerprint density at radius 1 is 1.06 bits per heavy atom. The Kier molecular flexibility index (Phi) is 6.72. The van der Waals surface area contributed by atoms with E-state index in [-0.39, 0.29) is 0 Å². The van der Waals surface area contributed by atoms with Gasteiger partial charge in [-0.1, -0.05) is 12.2 Å². The van der Waals surface area contributed by atoms with Gasteiger partial charge in [0.05, 0.1) is 23.5 Å². The van der Waals surface area contributed by atoms with Crippen molar-refractivity contribution in [1.82, 2.24) is 0 Å². The molecule has 0 radical (unpaired) electrons. The van der Waals surface area contributed by atoms with Crippen LogP contribution in [0.15, 0.2) is 12.2 Å². The first-order valence-corrected chi connectivity index (χ1v) is 14.3. The summed E-state index contributed by atoms with van der Waals surface area (Å²) in [6, 6.07) is 0. The highest BCUT2D eigenvalue weighted by atomic mass is 28.4. The maximum absolute atomic E-state index is 6.24. The molecule has 0 unspecified atom stereocenters. The Hall–Kier alpha value is 0.271. The highest BCUT2D eigenvalue weighted by molar-refractivity contribution is 6.71. The molecule has 0 rings (SSSR count). The molecule has 18 heavy (non-hydrogen) atoms. The Balaban J connectivity index is 4.64. The van der Waals surface area contributed by atoms with Crippen LogP contribution in [0.5, 0.6) is 0 Å². The first-order valence-electron chi connectivity index (χ1n) is 6.45. The molecule has 0 aromatic rings. The lowest BCUT2D eigenvalue weighted by Gasteiger charge is -2.40. The molecule has 0 aliphatic carbocycles. The second kappa shape index (κ2) is 6.62. The second-order valence-electron chi connectivity index (χ2n) is 7.01. The molecule has 0 aliphatic rings. The molecule has 3 nitrogen and oxygen atoms in total. The molecule has 0 heterocycles.